The highest BCUT2D eigenvalue weighted by Crippen LogP contribution is 2.30. The van der Waals surface area contributed by atoms with Gasteiger partial charge in [-0.05, 0) is 24.6 Å². The van der Waals surface area contributed by atoms with E-state index in [-0.39, 0.29) is 11.9 Å². The number of aryl methyl sites for hydroxylation is 1. The molecule has 0 fully saturated rings. The van der Waals surface area contributed by atoms with Crippen molar-refractivity contribution in [2.75, 3.05) is 0 Å². The summed E-state index contributed by atoms with van der Waals surface area (Å²) in [7, 11) is 1.83. The summed E-state index contributed by atoms with van der Waals surface area (Å²) in [6.45, 7) is 1.84. The average Bonchev–Trinajstić information content (AvgIpc) is 2.67. The Bertz CT molecular complexity index is 522. The van der Waals surface area contributed by atoms with E-state index in [4.69, 9.17) is 5.73 Å². The molecule has 1 aromatic carbocycles. The predicted molar refractivity (Wildman–Crippen MR) is 66.3 cm³/mol. The van der Waals surface area contributed by atoms with Crippen LogP contribution in [0.2, 0.25) is 0 Å². The fraction of sp³-hybridized carbons (Fsp3) is 0.250. The third kappa shape index (κ3) is 2.87. The van der Waals surface area contributed by atoms with Crippen LogP contribution in [0, 0.1) is 5.82 Å². The molecule has 17 heavy (non-hydrogen) atoms. The number of hydrogen-bond donors (Lipinski definition) is 1. The number of halogens is 1. The first kappa shape index (κ1) is 12.1. The number of nitrogens with zero attached hydrogens (tertiary/aromatic N) is 2. The molecular formula is C12H14FN3S. The minimum Gasteiger partial charge on any atom is -0.324 e. The Morgan fingerprint density at radius 1 is 1.47 bits per heavy atom. The van der Waals surface area contributed by atoms with Crippen LogP contribution in [0.3, 0.4) is 0 Å². The zero-order valence-corrected chi connectivity index (χ0v) is 10.5. The Labute approximate surface area is 104 Å². The zero-order valence-electron chi connectivity index (χ0n) is 9.72. The van der Waals surface area contributed by atoms with Gasteiger partial charge in [-0.25, -0.2) is 4.39 Å². The lowest BCUT2D eigenvalue weighted by Gasteiger charge is -2.07. The van der Waals surface area contributed by atoms with Crippen LogP contribution in [0.5, 0.6) is 0 Å². The van der Waals surface area contributed by atoms with Crippen LogP contribution in [0.4, 0.5) is 4.39 Å². The molecule has 0 unspecified atom stereocenters. The largest absolute Gasteiger partial charge is 0.324 e. The molecule has 2 N–H and O–H groups in total. The first-order chi connectivity index (χ1) is 8.06. The first-order valence-electron chi connectivity index (χ1n) is 5.28. The summed E-state index contributed by atoms with van der Waals surface area (Å²) >= 11 is 1.36. The van der Waals surface area contributed by atoms with Crippen LogP contribution in [0.25, 0.3) is 0 Å². The molecule has 1 atom stereocenters. The second kappa shape index (κ2) is 4.89. The Kier molecular flexibility index (Phi) is 3.49. The highest BCUT2D eigenvalue weighted by molar-refractivity contribution is 7.99. The summed E-state index contributed by atoms with van der Waals surface area (Å²) < 4.78 is 15.5. The monoisotopic (exact) mass is 251 g/mol. The molecule has 2 aromatic rings. The average molecular weight is 251 g/mol. The van der Waals surface area contributed by atoms with Gasteiger partial charge in [0.05, 0.1) is 11.1 Å². The fourth-order valence-corrected chi connectivity index (χ4v) is 2.31. The van der Waals surface area contributed by atoms with Crippen LogP contribution < -0.4 is 5.73 Å². The minimum atomic E-state index is -0.242. The summed E-state index contributed by atoms with van der Waals surface area (Å²) in [4.78, 5) is 1.50. The predicted octanol–water partition coefficient (Wildman–Crippen LogP) is 2.73. The molecular weight excluding hydrogens is 237 g/mol. The van der Waals surface area contributed by atoms with E-state index in [2.05, 4.69) is 5.10 Å². The molecule has 0 aliphatic carbocycles. The van der Waals surface area contributed by atoms with Crippen LogP contribution >= 0.6 is 11.8 Å². The van der Waals surface area contributed by atoms with Crippen LogP contribution in [0.15, 0.2) is 40.4 Å². The van der Waals surface area contributed by atoms with E-state index < -0.39 is 0 Å². The Morgan fingerprint density at radius 3 is 2.76 bits per heavy atom. The van der Waals surface area contributed by atoms with Gasteiger partial charge in [0.2, 0.25) is 0 Å². The molecule has 0 aliphatic rings. The van der Waals surface area contributed by atoms with Gasteiger partial charge in [0.25, 0.3) is 0 Å². The number of rotatable bonds is 3. The number of nitrogens with two attached hydrogens (primary N) is 1. The number of hydrogen-bond acceptors (Lipinski definition) is 3. The van der Waals surface area contributed by atoms with Crippen molar-refractivity contribution in [3.8, 4) is 0 Å². The molecule has 0 radical (unpaired) electrons. The van der Waals surface area contributed by atoms with E-state index in [1.165, 1.54) is 17.8 Å². The zero-order chi connectivity index (χ0) is 12.4. The van der Waals surface area contributed by atoms with E-state index in [1.54, 1.807) is 16.9 Å². The standard InChI is InChI=1S/C12H14FN3S/c1-8(14)9-3-4-12(11(13)5-9)17-10-6-15-16(2)7-10/h3-8H,14H2,1-2H3/t8-/m1/s1. The van der Waals surface area contributed by atoms with Crippen molar-refractivity contribution in [2.45, 2.75) is 22.8 Å². The van der Waals surface area contributed by atoms with Gasteiger partial charge < -0.3 is 5.73 Å². The molecule has 5 heteroatoms. The third-order valence-corrected chi connectivity index (χ3v) is 3.39. The van der Waals surface area contributed by atoms with Crippen LogP contribution in [0.1, 0.15) is 18.5 Å². The maximum absolute atomic E-state index is 13.8. The van der Waals surface area contributed by atoms with Gasteiger partial charge in [-0.3, -0.25) is 4.68 Å². The molecule has 2 rings (SSSR count). The smallest absolute Gasteiger partial charge is 0.137 e. The minimum absolute atomic E-state index is 0.151. The molecule has 0 saturated heterocycles. The molecule has 3 nitrogen and oxygen atoms in total. The van der Waals surface area contributed by atoms with Gasteiger partial charge in [-0.1, -0.05) is 17.8 Å². The van der Waals surface area contributed by atoms with Crippen molar-refractivity contribution >= 4 is 11.8 Å². The quantitative estimate of drug-likeness (QED) is 0.912. The number of benzene rings is 1. The van der Waals surface area contributed by atoms with Crippen molar-refractivity contribution in [1.82, 2.24) is 9.78 Å². The maximum atomic E-state index is 13.8. The molecule has 0 aliphatic heterocycles. The SMILES string of the molecule is C[C@@H](N)c1ccc(Sc2cnn(C)c2)c(F)c1. The Hall–Kier alpha value is -1.33. The van der Waals surface area contributed by atoms with Gasteiger partial charge in [0.1, 0.15) is 5.82 Å². The topological polar surface area (TPSA) is 43.8 Å². The summed E-state index contributed by atoms with van der Waals surface area (Å²) in [6.07, 6.45) is 3.56. The Balaban J connectivity index is 2.22. The highest BCUT2D eigenvalue weighted by Gasteiger charge is 2.08. The molecule has 0 saturated carbocycles. The van der Waals surface area contributed by atoms with Gasteiger partial charge in [0.15, 0.2) is 0 Å². The highest BCUT2D eigenvalue weighted by atomic mass is 32.2. The molecule has 1 heterocycles. The van der Waals surface area contributed by atoms with Crippen molar-refractivity contribution in [2.24, 2.45) is 12.8 Å². The van der Waals surface area contributed by atoms with Crippen molar-refractivity contribution in [1.29, 1.82) is 0 Å². The molecule has 90 valence electrons. The second-order valence-corrected chi connectivity index (χ2v) is 5.05. The fourth-order valence-electron chi connectivity index (χ4n) is 1.46. The van der Waals surface area contributed by atoms with E-state index in [1.807, 2.05) is 26.2 Å². The molecule has 0 bridgehead atoms. The van der Waals surface area contributed by atoms with E-state index >= 15 is 0 Å². The summed E-state index contributed by atoms with van der Waals surface area (Å²) in [5.41, 5.74) is 6.51. The lowest BCUT2D eigenvalue weighted by atomic mass is 10.1. The molecule has 0 amide bonds. The van der Waals surface area contributed by atoms with Crippen molar-refractivity contribution in [3.63, 3.8) is 0 Å². The van der Waals surface area contributed by atoms with E-state index in [0.29, 0.717) is 4.90 Å². The molecule has 0 spiro atoms. The Morgan fingerprint density at radius 2 is 2.24 bits per heavy atom. The van der Waals surface area contributed by atoms with Gasteiger partial charge in [-0.2, -0.15) is 5.10 Å². The summed E-state index contributed by atoms with van der Waals surface area (Å²) in [5.74, 6) is -0.242. The van der Waals surface area contributed by atoms with E-state index in [9.17, 15) is 4.39 Å². The normalized spacial score (nSPS) is 12.7. The lowest BCUT2D eigenvalue weighted by Crippen LogP contribution is -2.05. The molecule has 1 aromatic heterocycles. The maximum Gasteiger partial charge on any atom is 0.137 e. The van der Waals surface area contributed by atoms with Crippen LogP contribution in [-0.2, 0) is 7.05 Å². The second-order valence-electron chi connectivity index (χ2n) is 3.93. The summed E-state index contributed by atoms with van der Waals surface area (Å²) in [6, 6.07) is 4.95. The van der Waals surface area contributed by atoms with Gasteiger partial charge >= 0.3 is 0 Å². The van der Waals surface area contributed by atoms with Gasteiger partial charge in [0, 0.05) is 24.2 Å². The summed E-state index contributed by atoms with van der Waals surface area (Å²) in [5, 5.41) is 4.04. The lowest BCUT2D eigenvalue weighted by molar-refractivity contribution is 0.596. The van der Waals surface area contributed by atoms with Crippen LogP contribution in [-0.4, -0.2) is 9.78 Å². The first-order valence-corrected chi connectivity index (χ1v) is 6.09. The van der Waals surface area contributed by atoms with Crippen molar-refractivity contribution < 1.29 is 4.39 Å². The van der Waals surface area contributed by atoms with Crippen molar-refractivity contribution in [3.05, 3.63) is 42.0 Å². The number of aromatic nitrogens is 2. The van der Waals surface area contributed by atoms with Gasteiger partial charge in [-0.15, -0.1) is 0 Å². The van der Waals surface area contributed by atoms with E-state index in [0.717, 1.165) is 10.5 Å². The third-order valence-electron chi connectivity index (χ3n) is 2.39.